The van der Waals surface area contributed by atoms with Crippen LogP contribution < -0.4 is 0 Å². The molecule has 5 unspecified atom stereocenters. The van der Waals surface area contributed by atoms with Crippen molar-refractivity contribution in [1.29, 1.82) is 0 Å². The van der Waals surface area contributed by atoms with Gasteiger partial charge in [0.05, 0.1) is 6.61 Å². The summed E-state index contributed by atoms with van der Waals surface area (Å²) in [5.41, 5.74) is -0.0527. The van der Waals surface area contributed by atoms with E-state index in [-0.39, 0.29) is 24.4 Å². The summed E-state index contributed by atoms with van der Waals surface area (Å²) >= 11 is 0. The van der Waals surface area contributed by atoms with Crippen LogP contribution in [0.2, 0.25) is 0 Å². The molecule has 0 radical (unpaired) electrons. The molecule has 1 aliphatic heterocycles. The lowest BCUT2D eigenvalue weighted by atomic mass is 9.59. The third kappa shape index (κ3) is 1.72. The van der Waals surface area contributed by atoms with Gasteiger partial charge in [-0.15, -0.1) is 0 Å². The Labute approximate surface area is 129 Å². The van der Waals surface area contributed by atoms with Gasteiger partial charge in [0.1, 0.15) is 6.10 Å². The molecule has 0 aromatic rings. The minimum Gasteiger partial charge on any atom is -0.455 e. The van der Waals surface area contributed by atoms with Gasteiger partial charge in [0.2, 0.25) is 0 Å². The monoisotopic (exact) mass is 304 g/mol. The average molecular weight is 304 g/mol. The minimum atomic E-state index is -0.932. The lowest BCUT2D eigenvalue weighted by molar-refractivity contribution is -0.146. The fraction of sp³-hybridized carbons (Fsp3) is 0.529. The minimum absolute atomic E-state index is 0.0459. The number of allylic oxidation sites excluding steroid dienone is 2. The van der Waals surface area contributed by atoms with Gasteiger partial charge in [-0.3, -0.25) is 9.59 Å². The van der Waals surface area contributed by atoms with Gasteiger partial charge in [-0.25, -0.2) is 0 Å². The van der Waals surface area contributed by atoms with Gasteiger partial charge in [-0.05, 0) is 23.3 Å². The van der Waals surface area contributed by atoms with Crippen LogP contribution in [-0.4, -0.2) is 41.3 Å². The number of esters is 1. The van der Waals surface area contributed by atoms with Crippen molar-refractivity contribution >= 4 is 11.8 Å². The Balaban J connectivity index is 2.12. The van der Waals surface area contributed by atoms with E-state index < -0.39 is 23.1 Å². The molecule has 0 spiro atoms. The zero-order chi connectivity index (χ0) is 16.3. The maximum Gasteiger partial charge on any atom is 0.303 e. The lowest BCUT2D eigenvalue weighted by Crippen LogP contribution is -2.50. The Bertz CT molecular complexity index is 631. The summed E-state index contributed by atoms with van der Waals surface area (Å²) in [5, 5.41) is 9.51. The summed E-state index contributed by atoms with van der Waals surface area (Å²) in [7, 11) is 0. The predicted octanol–water partition coefficient (Wildman–Crippen LogP) is 1.33. The molecular weight excluding hydrogens is 284 g/mol. The van der Waals surface area contributed by atoms with Crippen molar-refractivity contribution < 1.29 is 24.2 Å². The number of ketones is 1. The molecule has 5 atom stereocenters. The smallest absolute Gasteiger partial charge is 0.303 e. The number of hydrogen-bond donors (Lipinski definition) is 1. The first-order chi connectivity index (χ1) is 10.3. The molecule has 1 heterocycles. The molecule has 0 saturated carbocycles. The van der Waals surface area contributed by atoms with E-state index >= 15 is 0 Å². The number of carbonyl (C=O) groups is 2. The molecule has 0 aromatic carbocycles. The number of aliphatic hydroxyl groups is 1. The van der Waals surface area contributed by atoms with Gasteiger partial charge in [-0.2, -0.15) is 0 Å². The molecular formula is C17H20O5. The molecule has 0 aromatic heterocycles. The van der Waals surface area contributed by atoms with Crippen LogP contribution >= 0.6 is 0 Å². The maximum atomic E-state index is 12.1. The molecule has 118 valence electrons. The quantitative estimate of drug-likeness (QED) is 0.483. The topological polar surface area (TPSA) is 76.1 Å². The van der Waals surface area contributed by atoms with Crippen molar-refractivity contribution in [3.8, 4) is 0 Å². The first kappa shape index (κ1) is 15.2. The van der Waals surface area contributed by atoms with E-state index in [0.29, 0.717) is 5.57 Å². The fourth-order valence-electron chi connectivity index (χ4n) is 3.78. The van der Waals surface area contributed by atoms with Crippen molar-refractivity contribution in [1.82, 2.24) is 0 Å². The highest BCUT2D eigenvalue weighted by Gasteiger charge is 2.74. The molecule has 1 N–H and O–H groups in total. The second-order valence-electron chi connectivity index (χ2n) is 6.44. The van der Waals surface area contributed by atoms with Crippen LogP contribution in [0.4, 0.5) is 0 Å². The normalized spacial score (nSPS) is 42.1. The van der Waals surface area contributed by atoms with Crippen molar-refractivity contribution in [2.75, 3.05) is 6.61 Å². The number of hydrogen-bond acceptors (Lipinski definition) is 5. The van der Waals surface area contributed by atoms with Crippen LogP contribution in [0, 0.1) is 11.3 Å². The largest absolute Gasteiger partial charge is 0.455 e. The molecule has 0 amide bonds. The number of fused-ring (bicyclic) bond motifs is 3. The predicted molar refractivity (Wildman–Crippen MR) is 78.9 cm³/mol. The van der Waals surface area contributed by atoms with Gasteiger partial charge in [-0.1, -0.05) is 26.5 Å². The summed E-state index contributed by atoms with van der Waals surface area (Å²) in [5.74, 6) is -0.626. The van der Waals surface area contributed by atoms with E-state index in [2.05, 4.69) is 6.58 Å². The first-order valence-corrected chi connectivity index (χ1v) is 7.36. The zero-order valence-corrected chi connectivity index (χ0v) is 13.0. The van der Waals surface area contributed by atoms with Crippen LogP contribution in [-0.2, 0) is 19.1 Å². The lowest BCUT2D eigenvalue weighted by Gasteiger charge is -2.42. The molecule has 5 nitrogen and oxygen atoms in total. The highest BCUT2D eigenvalue weighted by molar-refractivity contribution is 5.95. The van der Waals surface area contributed by atoms with Crippen molar-refractivity contribution in [2.45, 2.75) is 38.6 Å². The molecule has 1 fully saturated rings. The number of ether oxygens (including phenoxy) is 2. The molecule has 22 heavy (non-hydrogen) atoms. The highest BCUT2D eigenvalue weighted by Crippen LogP contribution is 2.63. The number of epoxide rings is 1. The summed E-state index contributed by atoms with van der Waals surface area (Å²) in [6, 6.07) is 0. The molecule has 1 saturated heterocycles. The number of rotatable bonds is 3. The summed E-state index contributed by atoms with van der Waals surface area (Å²) in [6.07, 6.45) is 4.17. The Kier molecular flexibility index (Phi) is 3.20. The number of carbonyl (C=O) groups excluding carboxylic acids is 2. The van der Waals surface area contributed by atoms with Crippen LogP contribution in [0.1, 0.15) is 20.8 Å². The van der Waals surface area contributed by atoms with Crippen molar-refractivity contribution in [2.24, 2.45) is 11.3 Å². The summed E-state index contributed by atoms with van der Waals surface area (Å²) < 4.78 is 11.3. The van der Waals surface area contributed by atoms with Crippen LogP contribution in [0.25, 0.3) is 0 Å². The third-order valence-electron chi connectivity index (χ3n) is 5.36. The first-order valence-electron chi connectivity index (χ1n) is 7.36. The Hall–Kier alpha value is -1.72. The zero-order valence-electron chi connectivity index (χ0n) is 13.0. The molecule has 0 bridgehead atoms. The molecule has 3 rings (SSSR count). The van der Waals surface area contributed by atoms with Gasteiger partial charge in [0, 0.05) is 18.3 Å². The van der Waals surface area contributed by atoms with E-state index in [1.54, 1.807) is 12.2 Å². The summed E-state index contributed by atoms with van der Waals surface area (Å²) in [4.78, 5) is 23.5. The van der Waals surface area contributed by atoms with E-state index in [9.17, 15) is 14.7 Å². The second kappa shape index (κ2) is 4.64. The van der Waals surface area contributed by atoms with Crippen molar-refractivity contribution in [3.05, 3.63) is 36.0 Å². The third-order valence-corrected chi connectivity index (χ3v) is 5.36. The van der Waals surface area contributed by atoms with Crippen LogP contribution in [0.15, 0.2) is 36.0 Å². The van der Waals surface area contributed by atoms with Crippen LogP contribution in [0.3, 0.4) is 0 Å². The van der Waals surface area contributed by atoms with E-state index in [1.165, 1.54) is 6.92 Å². The number of aliphatic hydroxyl groups excluding tert-OH is 1. The van der Waals surface area contributed by atoms with E-state index in [1.807, 2.05) is 19.9 Å². The molecule has 5 heteroatoms. The van der Waals surface area contributed by atoms with E-state index in [0.717, 1.165) is 5.57 Å². The fourth-order valence-corrected chi connectivity index (χ4v) is 3.78. The Morgan fingerprint density at radius 2 is 2.18 bits per heavy atom. The Morgan fingerprint density at radius 3 is 2.77 bits per heavy atom. The second-order valence-corrected chi connectivity index (χ2v) is 6.44. The molecule has 2 aliphatic carbocycles. The van der Waals surface area contributed by atoms with Gasteiger partial charge in [0.15, 0.2) is 17.5 Å². The van der Waals surface area contributed by atoms with Gasteiger partial charge in [0.25, 0.3) is 0 Å². The van der Waals surface area contributed by atoms with Gasteiger partial charge >= 0.3 is 5.97 Å². The van der Waals surface area contributed by atoms with Crippen LogP contribution in [0.5, 0.6) is 0 Å². The van der Waals surface area contributed by atoms with Crippen molar-refractivity contribution in [3.63, 3.8) is 0 Å². The summed E-state index contributed by atoms with van der Waals surface area (Å²) in [6.45, 7) is 8.81. The Morgan fingerprint density at radius 1 is 1.50 bits per heavy atom. The van der Waals surface area contributed by atoms with E-state index in [4.69, 9.17) is 9.47 Å². The SMILES string of the molecule is C=C(CO)C12OC1C1(C)C(=CC2OC(C)=O)C=CC(=O)C1C. The highest BCUT2D eigenvalue weighted by atomic mass is 16.7. The standard InChI is InChI=1S/C17H20O5/c1-9(8-18)17-14(21-11(3)19)7-12-5-6-13(20)10(2)16(12,4)15(17)22-17/h5-7,10,14-15,18H,1,8H2,2-4H3. The molecule has 3 aliphatic rings. The van der Waals surface area contributed by atoms with Gasteiger partial charge < -0.3 is 14.6 Å². The maximum absolute atomic E-state index is 12.1. The average Bonchev–Trinajstić information content (AvgIpc) is 3.23.